The summed E-state index contributed by atoms with van der Waals surface area (Å²) < 4.78 is 12.8. The third-order valence-corrected chi connectivity index (χ3v) is 2.28. The molecule has 0 spiro atoms. The lowest BCUT2D eigenvalue weighted by molar-refractivity contribution is -0.109. The highest BCUT2D eigenvalue weighted by atomic mass is 32.2. The minimum atomic E-state index is -0.335. The van der Waals surface area contributed by atoms with Gasteiger partial charge < -0.3 is 0 Å². The Morgan fingerprint density at radius 3 is 2.93 bits per heavy atom. The molecule has 0 bridgehead atoms. The molecule has 0 aliphatic rings. The summed E-state index contributed by atoms with van der Waals surface area (Å²) in [6, 6.07) is 2.86. The second-order valence-corrected chi connectivity index (χ2v) is 4.00. The van der Waals surface area contributed by atoms with Gasteiger partial charge in [0.15, 0.2) is 5.12 Å². The van der Waals surface area contributed by atoms with Crippen molar-refractivity contribution < 1.29 is 9.18 Å². The van der Waals surface area contributed by atoms with Crippen LogP contribution in [0.15, 0.2) is 12.1 Å². The Bertz CT molecular complexity index is 434. The van der Waals surface area contributed by atoms with E-state index in [9.17, 15) is 9.18 Å². The number of rotatable bonds is 1. The van der Waals surface area contributed by atoms with Crippen molar-refractivity contribution in [2.45, 2.75) is 13.8 Å². The first kappa shape index (κ1) is 11.7. The SMILES string of the molecule is CC(=O)SCC#Cc1ccc(F)c(C)n1. The van der Waals surface area contributed by atoms with Crippen LogP contribution in [0, 0.1) is 24.6 Å². The molecule has 0 saturated heterocycles. The molecule has 0 amide bonds. The molecule has 0 aliphatic heterocycles. The van der Waals surface area contributed by atoms with Crippen molar-refractivity contribution >= 4 is 16.9 Å². The Kier molecular flexibility index (Phi) is 4.32. The molecule has 1 rings (SSSR count). The average molecular weight is 223 g/mol. The van der Waals surface area contributed by atoms with E-state index in [1.54, 1.807) is 6.92 Å². The number of pyridine rings is 1. The quantitative estimate of drug-likeness (QED) is 0.683. The Balaban J connectivity index is 2.64. The van der Waals surface area contributed by atoms with E-state index in [2.05, 4.69) is 16.8 Å². The van der Waals surface area contributed by atoms with Gasteiger partial charge in [-0.2, -0.15) is 0 Å². The molecule has 1 heterocycles. The van der Waals surface area contributed by atoms with Crippen LogP contribution in [0.1, 0.15) is 18.3 Å². The highest BCUT2D eigenvalue weighted by Crippen LogP contribution is 2.03. The number of thioether (sulfide) groups is 1. The van der Waals surface area contributed by atoms with Gasteiger partial charge in [-0.05, 0) is 25.0 Å². The monoisotopic (exact) mass is 223 g/mol. The number of hydrogen-bond donors (Lipinski definition) is 0. The molecule has 0 atom stereocenters. The number of carbonyl (C=O) groups excluding carboxylic acids is 1. The van der Waals surface area contributed by atoms with E-state index < -0.39 is 0 Å². The van der Waals surface area contributed by atoms with Crippen molar-refractivity contribution in [2.75, 3.05) is 5.75 Å². The number of hydrogen-bond acceptors (Lipinski definition) is 3. The summed E-state index contributed by atoms with van der Waals surface area (Å²) >= 11 is 1.14. The molecule has 4 heteroatoms. The van der Waals surface area contributed by atoms with Crippen molar-refractivity contribution in [2.24, 2.45) is 0 Å². The number of aryl methyl sites for hydroxylation is 1. The fraction of sp³-hybridized carbons (Fsp3) is 0.273. The van der Waals surface area contributed by atoms with Crippen LogP contribution >= 0.6 is 11.8 Å². The zero-order valence-electron chi connectivity index (χ0n) is 8.50. The lowest BCUT2D eigenvalue weighted by atomic mass is 10.3. The Hall–Kier alpha value is -1.34. The largest absolute Gasteiger partial charge is 0.288 e. The van der Waals surface area contributed by atoms with Crippen LogP contribution in [0.25, 0.3) is 0 Å². The molecule has 0 aliphatic carbocycles. The Labute approximate surface area is 92.3 Å². The number of halogens is 1. The van der Waals surface area contributed by atoms with Gasteiger partial charge >= 0.3 is 0 Å². The molecule has 0 radical (unpaired) electrons. The van der Waals surface area contributed by atoms with Gasteiger partial charge in [0.25, 0.3) is 0 Å². The van der Waals surface area contributed by atoms with E-state index in [1.807, 2.05) is 0 Å². The summed E-state index contributed by atoms with van der Waals surface area (Å²) in [5.74, 6) is 5.66. The normalized spacial score (nSPS) is 9.27. The summed E-state index contributed by atoms with van der Waals surface area (Å²) in [4.78, 5) is 14.5. The Morgan fingerprint density at radius 2 is 2.33 bits per heavy atom. The predicted molar refractivity (Wildman–Crippen MR) is 58.9 cm³/mol. The average Bonchev–Trinajstić information content (AvgIpc) is 2.18. The highest BCUT2D eigenvalue weighted by Gasteiger charge is 1.97. The predicted octanol–water partition coefficient (Wildman–Crippen LogP) is 2.16. The van der Waals surface area contributed by atoms with E-state index in [0.717, 1.165) is 11.8 Å². The maximum atomic E-state index is 12.8. The van der Waals surface area contributed by atoms with Crippen LogP contribution in [0.2, 0.25) is 0 Å². The highest BCUT2D eigenvalue weighted by molar-refractivity contribution is 8.13. The summed E-state index contributed by atoms with van der Waals surface area (Å²) in [5, 5.41) is 0.0348. The summed E-state index contributed by atoms with van der Waals surface area (Å²) in [5.41, 5.74) is 0.860. The molecule has 2 nitrogen and oxygen atoms in total. The van der Waals surface area contributed by atoms with Crippen LogP contribution in [-0.4, -0.2) is 15.9 Å². The first-order chi connectivity index (χ1) is 7.09. The van der Waals surface area contributed by atoms with E-state index in [-0.39, 0.29) is 10.9 Å². The van der Waals surface area contributed by atoms with Gasteiger partial charge in [0, 0.05) is 6.92 Å². The lowest BCUT2D eigenvalue weighted by Crippen LogP contribution is -1.90. The molecular formula is C11H10FNOS. The van der Waals surface area contributed by atoms with E-state index in [0.29, 0.717) is 17.1 Å². The van der Waals surface area contributed by atoms with E-state index >= 15 is 0 Å². The van der Waals surface area contributed by atoms with Gasteiger partial charge in [-0.15, -0.1) is 0 Å². The van der Waals surface area contributed by atoms with Gasteiger partial charge in [0.1, 0.15) is 11.5 Å². The molecule has 1 aromatic heterocycles. The van der Waals surface area contributed by atoms with Gasteiger partial charge in [0.2, 0.25) is 0 Å². The van der Waals surface area contributed by atoms with E-state index in [4.69, 9.17) is 0 Å². The zero-order valence-corrected chi connectivity index (χ0v) is 9.32. The van der Waals surface area contributed by atoms with Crippen LogP contribution in [0.4, 0.5) is 4.39 Å². The standard InChI is InChI=1S/C11H10FNOS/c1-8-11(12)6-5-10(13-8)4-3-7-15-9(2)14/h5-6H,7H2,1-2H3. The second kappa shape index (κ2) is 5.52. The van der Waals surface area contributed by atoms with Crippen molar-refractivity contribution in [1.29, 1.82) is 0 Å². The van der Waals surface area contributed by atoms with Gasteiger partial charge in [-0.25, -0.2) is 9.37 Å². The molecule has 0 aromatic carbocycles. The Morgan fingerprint density at radius 1 is 1.60 bits per heavy atom. The minimum Gasteiger partial charge on any atom is -0.288 e. The van der Waals surface area contributed by atoms with Crippen molar-refractivity contribution in [3.05, 3.63) is 29.3 Å². The molecule has 0 N–H and O–H groups in total. The van der Waals surface area contributed by atoms with Gasteiger partial charge in [-0.3, -0.25) is 4.79 Å². The molecule has 15 heavy (non-hydrogen) atoms. The number of nitrogens with zero attached hydrogens (tertiary/aromatic N) is 1. The second-order valence-electron chi connectivity index (χ2n) is 2.85. The molecule has 1 aromatic rings. The molecule has 0 saturated carbocycles. The smallest absolute Gasteiger partial charge is 0.186 e. The topological polar surface area (TPSA) is 30.0 Å². The first-order valence-corrected chi connectivity index (χ1v) is 5.33. The maximum absolute atomic E-state index is 12.8. The summed E-state index contributed by atoms with van der Waals surface area (Å²) in [6.07, 6.45) is 0. The van der Waals surface area contributed by atoms with Gasteiger partial charge in [-0.1, -0.05) is 17.7 Å². The summed E-state index contributed by atoms with van der Waals surface area (Å²) in [7, 11) is 0. The lowest BCUT2D eigenvalue weighted by Gasteiger charge is -1.94. The maximum Gasteiger partial charge on any atom is 0.186 e. The molecular weight excluding hydrogens is 213 g/mol. The summed E-state index contributed by atoms with van der Waals surface area (Å²) in [6.45, 7) is 3.08. The van der Waals surface area contributed by atoms with E-state index in [1.165, 1.54) is 19.1 Å². The number of carbonyl (C=O) groups is 1. The van der Waals surface area contributed by atoms with Crippen LogP contribution in [0.5, 0.6) is 0 Å². The molecule has 0 fully saturated rings. The fourth-order valence-corrected chi connectivity index (χ4v) is 1.23. The van der Waals surface area contributed by atoms with Crippen molar-refractivity contribution in [3.63, 3.8) is 0 Å². The van der Waals surface area contributed by atoms with Crippen LogP contribution in [0.3, 0.4) is 0 Å². The first-order valence-electron chi connectivity index (χ1n) is 4.35. The van der Waals surface area contributed by atoms with Gasteiger partial charge in [0.05, 0.1) is 11.4 Å². The third-order valence-electron chi connectivity index (χ3n) is 1.59. The molecule has 0 unspecified atom stereocenters. The van der Waals surface area contributed by atoms with Crippen LogP contribution in [-0.2, 0) is 4.79 Å². The number of aromatic nitrogens is 1. The van der Waals surface area contributed by atoms with Crippen molar-refractivity contribution in [3.8, 4) is 11.8 Å². The third kappa shape index (κ3) is 4.13. The minimum absolute atomic E-state index is 0.0348. The fourth-order valence-electron chi connectivity index (χ4n) is 0.878. The zero-order chi connectivity index (χ0) is 11.3. The van der Waals surface area contributed by atoms with Crippen LogP contribution < -0.4 is 0 Å². The van der Waals surface area contributed by atoms with Crippen molar-refractivity contribution in [1.82, 2.24) is 4.98 Å². The molecule has 78 valence electrons.